The maximum atomic E-state index is 6.64. The Morgan fingerprint density at radius 1 is 1.24 bits per heavy atom. The predicted molar refractivity (Wildman–Crippen MR) is 115 cm³/mol. The first-order valence-electron chi connectivity index (χ1n) is 10.6. The molecule has 1 aromatic carbocycles. The number of methoxy groups -OCH3 is 1. The van der Waals surface area contributed by atoms with Gasteiger partial charge in [-0.3, -0.25) is 15.6 Å². The summed E-state index contributed by atoms with van der Waals surface area (Å²) in [5.74, 6) is 1.79. The quantitative estimate of drug-likeness (QED) is 0.680. The maximum absolute atomic E-state index is 6.64. The van der Waals surface area contributed by atoms with Crippen molar-refractivity contribution in [2.24, 2.45) is 16.6 Å². The molecular weight excluding hydrogens is 366 g/mol. The molecule has 0 spiro atoms. The Morgan fingerprint density at radius 2 is 2.07 bits per heavy atom. The third kappa shape index (κ3) is 4.21. The van der Waals surface area contributed by atoms with Crippen molar-refractivity contribution < 1.29 is 9.47 Å². The number of aliphatic imine (C=N–C) groups is 1. The molecule has 2 aliphatic heterocycles. The lowest BCUT2D eigenvalue weighted by Gasteiger charge is -2.37. The molecule has 0 bridgehead atoms. The van der Waals surface area contributed by atoms with Crippen LogP contribution >= 0.6 is 0 Å². The van der Waals surface area contributed by atoms with Crippen LogP contribution in [-0.4, -0.2) is 50.6 Å². The van der Waals surface area contributed by atoms with Crippen molar-refractivity contribution >= 4 is 5.84 Å². The lowest BCUT2D eigenvalue weighted by atomic mass is 9.92. The van der Waals surface area contributed by atoms with E-state index in [1.807, 2.05) is 31.2 Å². The summed E-state index contributed by atoms with van der Waals surface area (Å²) >= 11 is 0. The van der Waals surface area contributed by atoms with Crippen LogP contribution in [-0.2, 0) is 5.79 Å². The molecule has 0 aromatic heterocycles. The fourth-order valence-corrected chi connectivity index (χ4v) is 4.41. The molecule has 4 N–H and O–H groups in total. The van der Waals surface area contributed by atoms with E-state index in [-0.39, 0.29) is 0 Å². The first-order chi connectivity index (χ1) is 14.0. The molecule has 2 atom stereocenters. The van der Waals surface area contributed by atoms with E-state index in [9.17, 15) is 0 Å². The van der Waals surface area contributed by atoms with Gasteiger partial charge in [0, 0.05) is 36.8 Å². The summed E-state index contributed by atoms with van der Waals surface area (Å²) in [5, 5.41) is 6.57. The van der Waals surface area contributed by atoms with E-state index in [2.05, 4.69) is 20.5 Å². The fourth-order valence-electron chi connectivity index (χ4n) is 4.41. The number of ether oxygens (including phenoxy) is 2. The van der Waals surface area contributed by atoms with Gasteiger partial charge in [-0.1, -0.05) is 6.42 Å². The largest absolute Gasteiger partial charge is 0.493 e. The number of nitrogens with zero attached hydrogens (tertiary/aromatic N) is 2. The minimum atomic E-state index is -0.952. The van der Waals surface area contributed by atoms with Crippen LogP contribution in [0.1, 0.15) is 38.2 Å². The van der Waals surface area contributed by atoms with Gasteiger partial charge in [0.2, 0.25) is 0 Å². The zero-order valence-electron chi connectivity index (χ0n) is 17.7. The average Bonchev–Trinajstić information content (AvgIpc) is 3.12. The van der Waals surface area contributed by atoms with Crippen LogP contribution in [0.3, 0.4) is 0 Å². The van der Waals surface area contributed by atoms with Crippen molar-refractivity contribution in [1.29, 1.82) is 0 Å². The summed E-state index contributed by atoms with van der Waals surface area (Å²) in [4.78, 5) is 6.88. The summed E-state index contributed by atoms with van der Waals surface area (Å²) < 4.78 is 11.8. The van der Waals surface area contributed by atoms with Crippen LogP contribution in [0.5, 0.6) is 11.5 Å². The van der Waals surface area contributed by atoms with Crippen LogP contribution in [0.25, 0.3) is 0 Å². The van der Waals surface area contributed by atoms with Gasteiger partial charge in [-0.05, 0) is 57.0 Å². The summed E-state index contributed by atoms with van der Waals surface area (Å²) in [6.07, 6.45) is 7.23. The molecule has 29 heavy (non-hydrogen) atoms. The number of benzene rings is 1. The molecule has 2 unspecified atom stereocenters. The van der Waals surface area contributed by atoms with E-state index in [4.69, 9.17) is 15.2 Å². The van der Waals surface area contributed by atoms with Gasteiger partial charge in [-0.2, -0.15) is 0 Å². The number of hydrogen-bond donors (Lipinski definition) is 3. The molecule has 0 radical (unpaired) electrons. The molecule has 7 heteroatoms. The summed E-state index contributed by atoms with van der Waals surface area (Å²) in [6, 6.07) is 6.63. The molecule has 4 rings (SSSR count). The second kappa shape index (κ2) is 8.24. The second-order valence-corrected chi connectivity index (χ2v) is 8.41. The first kappa shape index (κ1) is 20.0. The van der Waals surface area contributed by atoms with E-state index in [1.54, 1.807) is 14.2 Å². The van der Waals surface area contributed by atoms with Crippen LogP contribution < -0.4 is 25.8 Å². The van der Waals surface area contributed by atoms with Gasteiger partial charge in [0.15, 0.2) is 17.3 Å². The highest BCUT2D eigenvalue weighted by molar-refractivity contribution is 5.94. The summed E-state index contributed by atoms with van der Waals surface area (Å²) in [5.41, 5.74) is 8.46. The van der Waals surface area contributed by atoms with Crippen LogP contribution in [0.15, 0.2) is 35.0 Å². The van der Waals surface area contributed by atoms with Crippen molar-refractivity contribution in [3.63, 3.8) is 0 Å². The average molecular weight is 400 g/mol. The summed E-state index contributed by atoms with van der Waals surface area (Å²) in [6.45, 7) is 5.00. The SMILES string of the molecule is CN=C1C=C(C)NC(N)(c2ccc(OC)c(OCC3CCN(C4CCC4)C3)c2)N1. The molecule has 3 aliphatic rings. The predicted octanol–water partition coefficient (Wildman–Crippen LogP) is 2.14. The molecule has 1 aliphatic carbocycles. The Hall–Kier alpha value is -2.25. The lowest BCUT2D eigenvalue weighted by Crippen LogP contribution is -2.64. The van der Waals surface area contributed by atoms with Crippen molar-refractivity contribution in [1.82, 2.24) is 15.5 Å². The molecule has 2 fully saturated rings. The highest BCUT2D eigenvalue weighted by atomic mass is 16.5. The second-order valence-electron chi connectivity index (χ2n) is 8.41. The molecule has 1 aromatic rings. The van der Waals surface area contributed by atoms with Gasteiger partial charge in [-0.25, -0.2) is 0 Å². The zero-order chi connectivity index (χ0) is 20.4. The normalized spacial score (nSPS) is 29.0. The summed E-state index contributed by atoms with van der Waals surface area (Å²) in [7, 11) is 3.41. The number of rotatable bonds is 6. The Balaban J connectivity index is 1.46. The standard InChI is InChI=1S/C22H33N5O2/c1-15-11-21(24-2)26-22(23,25-15)17-7-8-19(28-3)20(12-17)29-14-16-9-10-27(13-16)18-5-4-6-18/h7-8,11-12,16,18,25H,4-6,9-10,13-14,23H2,1-3H3,(H,24,26). The van der Waals surface area contributed by atoms with E-state index in [0.29, 0.717) is 12.5 Å². The van der Waals surface area contributed by atoms with Crippen molar-refractivity contribution in [2.75, 3.05) is 33.9 Å². The zero-order valence-corrected chi connectivity index (χ0v) is 17.7. The van der Waals surface area contributed by atoms with E-state index in [0.717, 1.165) is 41.2 Å². The topological polar surface area (TPSA) is 84.1 Å². The minimum Gasteiger partial charge on any atom is -0.493 e. The Bertz CT molecular complexity index is 804. The Labute approximate surface area is 173 Å². The molecule has 2 heterocycles. The Kier molecular flexibility index (Phi) is 5.69. The van der Waals surface area contributed by atoms with Gasteiger partial charge in [0.05, 0.1) is 13.7 Å². The molecule has 1 saturated heterocycles. The van der Waals surface area contributed by atoms with Gasteiger partial charge < -0.3 is 20.1 Å². The molecule has 7 nitrogen and oxygen atoms in total. The van der Waals surface area contributed by atoms with Crippen LogP contribution in [0, 0.1) is 5.92 Å². The third-order valence-corrected chi connectivity index (χ3v) is 6.32. The van der Waals surface area contributed by atoms with Crippen molar-refractivity contribution in [2.45, 2.75) is 44.4 Å². The van der Waals surface area contributed by atoms with E-state index < -0.39 is 5.79 Å². The first-order valence-corrected chi connectivity index (χ1v) is 10.6. The lowest BCUT2D eigenvalue weighted by molar-refractivity contribution is 0.145. The molecule has 0 amide bonds. The molecular formula is C22H33N5O2. The van der Waals surface area contributed by atoms with E-state index in [1.165, 1.54) is 32.2 Å². The number of amidine groups is 1. The maximum Gasteiger partial charge on any atom is 0.190 e. The molecule has 158 valence electrons. The fraction of sp³-hybridized carbons (Fsp3) is 0.591. The number of allylic oxidation sites excluding steroid dienone is 1. The van der Waals surface area contributed by atoms with Gasteiger partial charge in [-0.15, -0.1) is 0 Å². The van der Waals surface area contributed by atoms with Crippen LogP contribution in [0.2, 0.25) is 0 Å². The number of nitrogens with two attached hydrogens (primary N) is 1. The van der Waals surface area contributed by atoms with E-state index >= 15 is 0 Å². The van der Waals surface area contributed by atoms with Gasteiger partial charge in [0.1, 0.15) is 5.84 Å². The van der Waals surface area contributed by atoms with Crippen molar-refractivity contribution in [3.8, 4) is 11.5 Å². The highest BCUT2D eigenvalue weighted by Crippen LogP contribution is 2.33. The number of hydrogen-bond acceptors (Lipinski definition) is 6. The van der Waals surface area contributed by atoms with Gasteiger partial charge in [0.25, 0.3) is 0 Å². The third-order valence-electron chi connectivity index (χ3n) is 6.32. The smallest absolute Gasteiger partial charge is 0.190 e. The minimum absolute atomic E-state index is 0.561. The van der Waals surface area contributed by atoms with Gasteiger partial charge >= 0.3 is 0 Å². The number of likely N-dealkylation sites (tertiary alicyclic amines) is 1. The number of nitrogens with one attached hydrogen (secondary N) is 2. The highest BCUT2D eigenvalue weighted by Gasteiger charge is 2.33. The monoisotopic (exact) mass is 399 g/mol. The molecule has 1 saturated carbocycles. The van der Waals surface area contributed by atoms with Crippen LogP contribution in [0.4, 0.5) is 0 Å². The Morgan fingerprint density at radius 3 is 2.76 bits per heavy atom. The van der Waals surface area contributed by atoms with Crippen molar-refractivity contribution in [3.05, 3.63) is 35.5 Å².